The van der Waals surface area contributed by atoms with Crippen molar-refractivity contribution in [3.63, 3.8) is 0 Å². The molecule has 0 saturated carbocycles. The number of phosphoric acid groups is 2. The second kappa shape index (κ2) is 68.2. The molecule has 98 heavy (non-hydrogen) atoms. The third-order valence-electron chi connectivity index (χ3n) is 18.3. The van der Waals surface area contributed by atoms with Crippen molar-refractivity contribution < 1.29 is 80.2 Å². The molecule has 0 aromatic rings. The van der Waals surface area contributed by atoms with Gasteiger partial charge in [0.05, 0.1) is 26.4 Å². The first kappa shape index (κ1) is 96.1. The first-order valence-electron chi connectivity index (χ1n) is 40.7. The molecule has 0 aromatic heterocycles. The molecule has 0 saturated heterocycles. The van der Waals surface area contributed by atoms with Gasteiger partial charge in [-0.3, -0.25) is 37.3 Å². The lowest BCUT2D eigenvalue weighted by atomic mass is 10.0. The number of hydrogen-bond acceptors (Lipinski definition) is 15. The summed E-state index contributed by atoms with van der Waals surface area (Å²) in [4.78, 5) is 72.9. The summed E-state index contributed by atoms with van der Waals surface area (Å²) in [7, 11) is -9.92. The van der Waals surface area contributed by atoms with Crippen LogP contribution in [0, 0.1) is 23.7 Å². The normalized spacial score (nSPS) is 14.1. The Bertz CT molecular complexity index is 1920. The van der Waals surface area contributed by atoms with E-state index in [0.29, 0.717) is 25.7 Å². The first-order valence-corrected chi connectivity index (χ1v) is 43.7. The van der Waals surface area contributed by atoms with Gasteiger partial charge in [-0.1, -0.05) is 351 Å². The summed E-state index contributed by atoms with van der Waals surface area (Å²) in [6.45, 7) is 14.2. The van der Waals surface area contributed by atoms with Crippen LogP contribution < -0.4 is 0 Å². The van der Waals surface area contributed by atoms with Crippen molar-refractivity contribution in [3.8, 4) is 0 Å². The van der Waals surface area contributed by atoms with Gasteiger partial charge in [0.2, 0.25) is 0 Å². The van der Waals surface area contributed by atoms with Gasteiger partial charge in [-0.15, -0.1) is 0 Å². The fraction of sp³-hybridized carbons (Fsp3) is 0.949. The van der Waals surface area contributed by atoms with Crippen LogP contribution in [0.3, 0.4) is 0 Å². The van der Waals surface area contributed by atoms with Crippen LogP contribution in [0.25, 0.3) is 0 Å². The number of esters is 4. The summed E-state index contributed by atoms with van der Waals surface area (Å²) < 4.78 is 68.6. The smallest absolute Gasteiger partial charge is 0.462 e. The predicted octanol–water partition coefficient (Wildman–Crippen LogP) is 23.2. The lowest BCUT2D eigenvalue weighted by Crippen LogP contribution is -2.30. The zero-order valence-electron chi connectivity index (χ0n) is 64.4. The topological polar surface area (TPSA) is 237 Å². The fourth-order valence-electron chi connectivity index (χ4n) is 12.1. The molecule has 0 bridgehead atoms. The van der Waals surface area contributed by atoms with Gasteiger partial charge >= 0.3 is 39.5 Å². The Morgan fingerprint density at radius 2 is 0.429 bits per heavy atom. The number of rotatable bonds is 76. The molecule has 582 valence electrons. The Kier molecular flexibility index (Phi) is 66.8. The van der Waals surface area contributed by atoms with Gasteiger partial charge in [0.1, 0.15) is 19.3 Å². The Balaban J connectivity index is 5.24. The minimum Gasteiger partial charge on any atom is -0.462 e. The molecule has 0 aromatic carbocycles. The monoisotopic (exact) mass is 1440 g/mol. The zero-order chi connectivity index (χ0) is 72.4. The number of carbonyl (C=O) groups excluding carboxylic acids is 4. The van der Waals surface area contributed by atoms with Gasteiger partial charge in [0.15, 0.2) is 12.2 Å². The molecule has 0 rings (SSSR count). The van der Waals surface area contributed by atoms with Crippen LogP contribution in [0.15, 0.2) is 0 Å². The van der Waals surface area contributed by atoms with E-state index in [1.807, 2.05) is 0 Å². The van der Waals surface area contributed by atoms with Crippen LogP contribution in [0.4, 0.5) is 0 Å². The van der Waals surface area contributed by atoms with Gasteiger partial charge in [0.25, 0.3) is 0 Å². The van der Waals surface area contributed by atoms with Crippen molar-refractivity contribution >= 4 is 39.5 Å². The zero-order valence-corrected chi connectivity index (χ0v) is 66.2. The van der Waals surface area contributed by atoms with Crippen molar-refractivity contribution in [2.24, 2.45) is 23.7 Å². The molecule has 5 atom stereocenters. The van der Waals surface area contributed by atoms with E-state index in [0.717, 1.165) is 114 Å². The lowest BCUT2D eigenvalue weighted by Gasteiger charge is -2.21. The largest absolute Gasteiger partial charge is 0.472 e. The van der Waals surface area contributed by atoms with Crippen molar-refractivity contribution in [1.29, 1.82) is 0 Å². The number of unbranched alkanes of at least 4 members (excludes halogenated alkanes) is 42. The molecule has 0 spiro atoms. The second-order valence-electron chi connectivity index (χ2n) is 30.4. The maximum Gasteiger partial charge on any atom is 0.472 e. The third-order valence-corrected chi connectivity index (χ3v) is 20.2. The van der Waals surface area contributed by atoms with Gasteiger partial charge in [-0.2, -0.15) is 0 Å². The highest BCUT2D eigenvalue weighted by atomic mass is 31.2. The van der Waals surface area contributed by atoms with E-state index in [9.17, 15) is 43.2 Å². The Labute approximate surface area is 600 Å². The van der Waals surface area contributed by atoms with E-state index < -0.39 is 97.5 Å². The summed E-state index contributed by atoms with van der Waals surface area (Å²) in [6, 6.07) is 0. The van der Waals surface area contributed by atoms with E-state index in [2.05, 4.69) is 55.4 Å². The first-order chi connectivity index (χ1) is 47.1. The molecule has 0 aliphatic carbocycles. The quantitative estimate of drug-likeness (QED) is 0.0222. The SMILES string of the molecule is CC(C)CCCCCCCCCCCCCCCCCCC(=O)O[C@H](COC(=O)CCCCCCCCCCCCCCCCC(C)C)COP(=O)(O)OCC(O)COP(=O)(O)OC[C@@H](COC(=O)CCCCCCCCCCC(C)C)OC(=O)CCCCCCCCCCC(C)C. The van der Waals surface area contributed by atoms with Gasteiger partial charge < -0.3 is 33.8 Å². The van der Waals surface area contributed by atoms with E-state index in [4.69, 9.17) is 37.0 Å². The molecule has 0 radical (unpaired) electrons. The molecule has 0 heterocycles. The molecule has 0 amide bonds. The molecular weight excluding hydrogens is 1280 g/mol. The van der Waals surface area contributed by atoms with Crippen molar-refractivity contribution in [1.82, 2.24) is 0 Å². The van der Waals surface area contributed by atoms with E-state index >= 15 is 0 Å². The number of aliphatic hydroxyl groups excluding tert-OH is 1. The maximum atomic E-state index is 13.1. The molecule has 0 aliphatic rings. The van der Waals surface area contributed by atoms with Crippen LogP contribution in [0.1, 0.15) is 402 Å². The number of hydrogen-bond donors (Lipinski definition) is 3. The number of aliphatic hydroxyl groups is 1. The number of carbonyl (C=O) groups is 4. The van der Waals surface area contributed by atoms with Crippen LogP contribution in [-0.4, -0.2) is 96.7 Å². The summed E-state index contributed by atoms with van der Waals surface area (Å²) in [5.74, 6) is 0.934. The maximum absolute atomic E-state index is 13.1. The van der Waals surface area contributed by atoms with Gasteiger partial charge in [-0.05, 0) is 49.4 Å². The lowest BCUT2D eigenvalue weighted by molar-refractivity contribution is -0.161. The summed E-state index contributed by atoms with van der Waals surface area (Å²) >= 11 is 0. The predicted molar refractivity (Wildman–Crippen MR) is 400 cm³/mol. The minimum absolute atomic E-state index is 0.104. The number of phosphoric ester groups is 2. The Hall–Kier alpha value is -1.94. The van der Waals surface area contributed by atoms with Gasteiger partial charge in [0, 0.05) is 25.7 Å². The van der Waals surface area contributed by atoms with Crippen molar-refractivity contribution in [2.45, 2.75) is 420 Å². The average Bonchev–Trinajstić information content (AvgIpc) is 0.973. The van der Waals surface area contributed by atoms with Crippen molar-refractivity contribution in [2.75, 3.05) is 39.6 Å². The van der Waals surface area contributed by atoms with Crippen LogP contribution in [0.2, 0.25) is 0 Å². The Morgan fingerprint density at radius 1 is 0.255 bits per heavy atom. The third kappa shape index (κ3) is 72.4. The highest BCUT2D eigenvalue weighted by molar-refractivity contribution is 7.47. The molecule has 3 N–H and O–H groups in total. The van der Waals surface area contributed by atoms with E-state index in [-0.39, 0.29) is 25.7 Å². The van der Waals surface area contributed by atoms with Crippen LogP contribution in [0.5, 0.6) is 0 Å². The standard InChI is InChI=1S/C79H154O17P2/c1-69(2)55-47-39-31-23-19-15-11-9-10-12-18-22-26-37-45-53-61-78(83)95-74(65-89-76(81)59-51-43-35-25-21-17-14-13-16-20-24-32-40-48-56-70(3)4)67-93-97(85,86)91-63-73(80)64-92-98(87,88)94-68-75(96-79(84)62-54-46-38-30-28-34-42-50-58-72(7)8)66-90-77(82)60-52-44-36-29-27-33-41-49-57-71(5)6/h69-75,80H,9-68H2,1-8H3,(H,85,86)(H,87,88)/t73?,74-,75-/m1/s1. The highest BCUT2D eigenvalue weighted by Gasteiger charge is 2.30. The summed E-state index contributed by atoms with van der Waals surface area (Å²) in [5.41, 5.74) is 0. The minimum atomic E-state index is -4.96. The molecule has 0 fully saturated rings. The molecule has 19 heteroatoms. The molecule has 3 unspecified atom stereocenters. The summed E-state index contributed by atoms with van der Waals surface area (Å²) in [6.07, 6.45) is 54.2. The molecular formula is C79H154O17P2. The van der Waals surface area contributed by atoms with Crippen LogP contribution in [-0.2, 0) is 65.4 Å². The highest BCUT2D eigenvalue weighted by Crippen LogP contribution is 2.45. The van der Waals surface area contributed by atoms with E-state index in [1.165, 1.54) is 205 Å². The average molecular weight is 1440 g/mol. The Morgan fingerprint density at radius 3 is 0.633 bits per heavy atom. The number of ether oxygens (including phenoxy) is 4. The molecule has 0 aliphatic heterocycles. The van der Waals surface area contributed by atoms with E-state index in [1.54, 1.807) is 0 Å². The fourth-order valence-corrected chi connectivity index (χ4v) is 13.7. The molecule has 17 nitrogen and oxygen atoms in total. The van der Waals surface area contributed by atoms with Gasteiger partial charge in [-0.25, -0.2) is 9.13 Å². The summed E-state index contributed by atoms with van der Waals surface area (Å²) in [5, 5.41) is 10.6. The van der Waals surface area contributed by atoms with Crippen molar-refractivity contribution in [3.05, 3.63) is 0 Å². The second-order valence-corrected chi connectivity index (χ2v) is 33.3. The van der Waals surface area contributed by atoms with Crippen LogP contribution >= 0.6 is 15.6 Å².